The highest BCUT2D eigenvalue weighted by Crippen LogP contribution is 2.07. The van der Waals surface area contributed by atoms with E-state index in [4.69, 9.17) is 16.3 Å². The third-order valence-electron chi connectivity index (χ3n) is 1.43. The molecule has 0 radical (unpaired) electrons. The third kappa shape index (κ3) is 1.58. The summed E-state index contributed by atoms with van der Waals surface area (Å²) in [6.45, 7) is 1.70. The molecule has 66 valence electrons. The van der Waals surface area contributed by atoms with Crippen LogP contribution in [-0.4, -0.2) is 17.1 Å². The Bertz CT molecular complexity index is 335. The van der Waals surface area contributed by atoms with Crippen LogP contribution in [0.4, 0.5) is 0 Å². The van der Waals surface area contributed by atoms with Gasteiger partial charge < -0.3 is 9.72 Å². The van der Waals surface area contributed by atoms with E-state index in [1.807, 2.05) is 0 Å². The molecular weight excluding hydrogens is 180 g/mol. The van der Waals surface area contributed by atoms with Gasteiger partial charge in [-0.05, 0) is 6.92 Å². The van der Waals surface area contributed by atoms with Gasteiger partial charge in [-0.3, -0.25) is 4.79 Å². The van der Waals surface area contributed by atoms with E-state index in [9.17, 15) is 4.79 Å². The van der Waals surface area contributed by atoms with Crippen LogP contribution in [-0.2, 0) is 5.88 Å². The fourth-order valence-electron chi connectivity index (χ4n) is 0.937. The smallest absolute Gasteiger partial charge is 0.293 e. The molecule has 1 N–H and O–H groups in total. The van der Waals surface area contributed by atoms with Gasteiger partial charge in [0.25, 0.3) is 5.56 Å². The highest BCUT2D eigenvalue weighted by Gasteiger charge is 2.06. The Morgan fingerprint density at radius 1 is 1.67 bits per heavy atom. The SMILES string of the molecule is COc1c(C)nc(CCl)[nH]c1=O. The Hall–Kier alpha value is -1.03. The first kappa shape index (κ1) is 9.06. The fraction of sp³-hybridized carbons (Fsp3) is 0.429. The number of nitrogens with zero attached hydrogens (tertiary/aromatic N) is 1. The Morgan fingerprint density at radius 3 is 2.75 bits per heavy atom. The predicted molar refractivity (Wildman–Crippen MR) is 45.7 cm³/mol. The predicted octanol–water partition coefficient (Wildman–Crippen LogP) is 0.826. The summed E-state index contributed by atoms with van der Waals surface area (Å²) in [5.74, 6) is 0.893. The second-order valence-electron chi connectivity index (χ2n) is 2.26. The standard InChI is InChI=1S/C7H9ClN2O2/c1-4-6(12-2)7(11)10-5(3-8)9-4/h3H2,1-2H3,(H,9,10,11). The summed E-state index contributed by atoms with van der Waals surface area (Å²) >= 11 is 5.49. The van der Waals surface area contributed by atoms with E-state index in [-0.39, 0.29) is 17.2 Å². The van der Waals surface area contributed by atoms with E-state index in [1.165, 1.54) is 7.11 Å². The lowest BCUT2D eigenvalue weighted by Crippen LogP contribution is -2.14. The normalized spacial score (nSPS) is 9.92. The number of methoxy groups -OCH3 is 1. The van der Waals surface area contributed by atoms with Gasteiger partial charge in [-0.1, -0.05) is 0 Å². The molecule has 1 aromatic heterocycles. The number of halogens is 1. The molecule has 5 heteroatoms. The van der Waals surface area contributed by atoms with E-state index < -0.39 is 0 Å². The van der Waals surface area contributed by atoms with Crippen molar-refractivity contribution in [3.63, 3.8) is 0 Å². The summed E-state index contributed by atoms with van der Waals surface area (Å²) in [6.07, 6.45) is 0. The molecule has 0 fully saturated rings. The number of aromatic amines is 1. The van der Waals surface area contributed by atoms with Gasteiger partial charge in [-0.2, -0.15) is 0 Å². The summed E-state index contributed by atoms with van der Waals surface area (Å²) in [4.78, 5) is 17.7. The molecule has 0 saturated heterocycles. The number of hydrogen-bond donors (Lipinski definition) is 1. The first-order valence-electron chi connectivity index (χ1n) is 3.38. The molecule has 4 nitrogen and oxygen atoms in total. The van der Waals surface area contributed by atoms with Crippen molar-refractivity contribution in [1.82, 2.24) is 9.97 Å². The number of aromatic nitrogens is 2. The van der Waals surface area contributed by atoms with Crippen molar-refractivity contribution in [2.45, 2.75) is 12.8 Å². The topological polar surface area (TPSA) is 55.0 Å². The van der Waals surface area contributed by atoms with E-state index >= 15 is 0 Å². The molecule has 0 aliphatic heterocycles. The molecule has 0 bridgehead atoms. The zero-order valence-electron chi connectivity index (χ0n) is 6.85. The lowest BCUT2D eigenvalue weighted by molar-refractivity contribution is 0.401. The molecule has 0 unspecified atom stereocenters. The molecule has 1 aromatic rings. The number of nitrogens with one attached hydrogen (secondary N) is 1. The summed E-state index contributed by atoms with van der Waals surface area (Å²) in [7, 11) is 1.43. The molecular formula is C7H9ClN2O2. The minimum absolute atomic E-state index is 0.195. The summed E-state index contributed by atoms with van der Waals surface area (Å²) < 4.78 is 4.83. The van der Waals surface area contributed by atoms with Crippen LogP contribution in [0.25, 0.3) is 0 Å². The van der Waals surface area contributed by atoms with Crippen molar-refractivity contribution in [2.75, 3.05) is 7.11 Å². The van der Waals surface area contributed by atoms with Gasteiger partial charge in [-0.25, -0.2) is 4.98 Å². The molecule has 1 heterocycles. The van der Waals surface area contributed by atoms with E-state index in [0.29, 0.717) is 11.5 Å². The second-order valence-corrected chi connectivity index (χ2v) is 2.53. The summed E-state index contributed by atoms with van der Waals surface area (Å²) in [5.41, 5.74) is 0.262. The molecule has 0 saturated carbocycles. The maximum absolute atomic E-state index is 11.2. The quantitative estimate of drug-likeness (QED) is 0.700. The van der Waals surface area contributed by atoms with Gasteiger partial charge in [0, 0.05) is 0 Å². The van der Waals surface area contributed by atoms with Crippen molar-refractivity contribution in [2.24, 2.45) is 0 Å². The maximum atomic E-state index is 11.2. The third-order valence-corrected chi connectivity index (χ3v) is 1.68. The average Bonchev–Trinajstić information content (AvgIpc) is 2.03. The molecule has 12 heavy (non-hydrogen) atoms. The zero-order chi connectivity index (χ0) is 9.14. The highest BCUT2D eigenvalue weighted by atomic mass is 35.5. The Morgan fingerprint density at radius 2 is 2.33 bits per heavy atom. The van der Waals surface area contributed by atoms with Crippen molar-refractivity contribution < 1.29 is 4.74 Å². The number of H-pyrrole nitrogens is 1. The first-order chi connectivity index (χ1) is 5.69. The molecule has 1 rings (SSSR count). The summed E-state index contributed by atoms with van der Waals surface area (Å²) in [6, 6.07) is 0. The van der Waals surface area contributed by atoms with Crippen LogP contribution in [0.1, 0.15) is 11.5 Å². The van der Waals surface area contributed by atoms with Crippen molar-refractivity contribution in [3.05, 3.63) is 21.9 Å². The molecule has 0 aliphatic carbocycles. The van der Waals surface area contributed by atoms with Crippen LogP contribution in [0.5, 0.6) is 5.75 Å². The Labute approximate surface area is 74.5 Å². The molecule has 0 amide bonds. The van der Waals surface area contributed by atoms with E-state index in [1.54, 1.807) is 6.92 Å². The lowest BCUT2D eigenvalue weighted by atomic mass is 10.4. The minimum Gasteiger partial charge on any atom is -0.490 e. The van der Waals surface area contributed by atoms with Crippen LogP contribution in [0, 0.1) is 6.92 Å². The monoisotopic (exact) mass is 188 g/mol. The van der Waals surface area contributed by atoms with Crippen molar-refractivity contribution >= 4 is 11.6 Å². The fourth-order valence-corrected chi connectivity index (χ4v) is 1.06. The average molecular weight is 189 g/mol. The number of alkyl halides is 1. The number of aryl methyl sites for hydroxylation is 1. The Kier molecular flexibility index (Phi) is 2.70. The van der Waals surface area contributed by atoms with Gasteiger partial charge in [0.2, 0.25) is 5.75 Å². The van der Waals surface area contributed by atoms with E-state index in [2.05, 4.69) is 9.97 Å². The van der Waals surface area contributed by atoms with Gasteiger partial charge in [0.1, 0.15) is 5.82 Å². The van der Waals surface area contributed by atoms with Gasteiger partial charge in [-0.15, -0.1) is 11.6 Å². The second kappa shape index (κ2) is 3.58. The van der Waals surface area contributed by atoms with Crippen molar-refractivity contribution in [3.8, 4) is 5.75 Å². The lowest BCUT2D eigenvalue weighted by Gasteiger charge is -2.02. The van der Waals surface area contributed by atoms with Crippen LogP contribution in [0.15, 0.2) is 4.79 Å². The largest absolute Gasteiger partial charge is 0.490 e. The number of ether oxygens (including phenoxy) is 1. The van der Waals surface area contributed by atoms with Crippen molar-refractivity contribution in [1.29, 1.82) is 0 Å². The zero-order valence-corrected chi connectivity index (χ0v) is 7.60. The number of rotatable bonds is 2. The van der Waals surface area contributed by atoms with Gasteiger partial charge >= 0.3 is 0 Å². The highest BCUT2D eigenvalue weighted by molar-refractivity contribution is 6.16. The molecule has 0 atom stereocenters. The molecule has 0 aliphatic rings. The van der Waals surface area contributed by atoms with Crippen LogP contribution in [0.2, 0.25) is 0 Å². The summed E-state index contributed by atoms with van der Waals surface area (Å²) in [5, 5.41) is 0. The van der Waals surface area contributed by atoms with Crippen LogP contribution >= 0.6 is 11.6 Å². The van der Waals surface area contributed by atoms with Gasteiger partial charge in [0.15, 0.2) is 0 Å². The minimum atomic E-state index is -0.291. The van der Waals surface area contributed by atoms with E-state index in [0.717, 1.165) is 0 Å². The maximum Gasteiger partial charge on any atom is 0.293 e. The van der Waals surface area contributed by atoms with Crippen LogP contribution < -0.4 is 10.3 Å². The molecule has 0 spiro atoms. The van der Waals surface area contributed by atoms with Gasteiger partial charge in [0.05, 0.1) is 18.7 Å². The van der Waals surface area contributed by atoms with Crippen LogP contribution in [0.3, 0.4) is 0 Å². The Balaban J connectivity index is 3.28. The molecule has 0 aromatic carbocycles. The number of hydrogen-bond acceptors (Lipinski definition) is 3. The first-order valence-corrected chi connectivity index (χ1v) is 3.92.